The summed E-state index contributed by atoms with van der Waals surface area (Å²) >= 11 is 6.49. The van der Waals surface area contributed by atoms with Gasteiger partial charge in [-0.3, -0.25) is 9.59 Å². The van der Waals surface area contributed by atoms with E-state index < -0.39 is 5.97 Å². The van der Waals surface area contributed by atoms with Gasteiger partial charge in [0.25, 0.3) is 0 Å². The molecule has 0 radical (unpaired) electrons. The zero-order valence-corrected chi connectivity index (χ0v) is 10.6. The molecule has 0 aromatic heterocycles. The van der Waals surface area contributed by atoms with E-state index in [4.69, 9.17) is 5.11 Å². The number of halogens is 2. The molecule has 80 valence electrons. The Morgan fingerprint density at radius 3 is 2.33 bits per heavy atom. The lowest BCUT2D eigenvalue weighted by atomic mass is 10.1. The van der Waals surface area contributed by atoms with Crippen LogP contribution in [0.2, 0.25) is 0 Å². The number of carboxylic acid groups (broad SMARTS) is 1. The maximum atomic E-state index is 10.5. The van der Waals surface area contributed by atoms with Gasteiger partial charge in [0.1, 0.15) is 0 Å². The van der Waals surface area contributed by atoms with E-state index in [-0.39, 0.29) is 6.42 Å². The molecule has 0 atom stereocenters. The van der Waals surface area contributed by atoms with Crippen molar-refractivity contribution in [3.05, 3.63) is 26.6 Å². The van der Waals surface area contributed by atoms with E-state index in [1.54, 1.807) is 12.1 Å². The van der Waals surface area contributed by atoms with Crippen molar-refractivity contribution in [2.24, 2.45) is 0 Å². The van der Waals surface area contributed by atoms with Crippen molar-refractivity contribution in [3.8, 4) is 0 Å². The highest BCUT2D eigenvalue weighted by Crippen LogP contribution is 2.32. The molecule has 0 fully saturated rings. The lowest BCUT2D eigenvalue weighted by molar-refractivity contribution is -0.136. The molecule has 6 heteroatoms. The Bertz CT molecular complexity index is 383. The minimum Gasteiger partial charge on any atom is -0.481 e. The smallest absolute Gasteiger partial charge is 0.307 e. The first-order valence-corrected chi connectivity index (χ1v) is 5.53. The lowest BCUT2D eigenvalue weighted by Crippen LogP contribution is -2.02. The molecule has 0 aliphatic rings. The van der Waals surface area contributed by atoms with Crippen LogP contribution in [0.3, 0.4) is 0 Å². The summed E-state index contributed by atoms with van der Waals surface area (Å²) in [6.07, 6.45) is 0.500. The van der Waals surface area contributed by atoms with Gasteiger partial charge in [-0.1, -0.05) is 0 Å². The largest absolute Gasteiger partial charge is 0.481 e. The summed E-state index contributed by atoms with van der Waals surface area (Å²) in [4.78, 5) is 20.8. The Hall–Kier alpha value is -0.880. The summed E-state index contributed by atoms with van der Waals surface area (Å²) in [6, 6.07) is 3.31. The third-order valence-corrected chi connectivity index (χ3v) is 2.91. The number of benzene rings is 1. The average molecular weight is 337 g/mol. The van der Waals surface area contributed by atoms with Crippen LogP contribution >= 0.6 is 31.9 Å². The van der Waals surface area contributed by atoms with Crippen molar-refractivity contribution in [2.45, 2.75) is 6.42 Å². The van der Waals surface area contributed by atoms with Crippen molar-refractivity contribution in [1.82, 2.24) is 0 Å². The van der Waals surface area contributed by atoms with Gasteiger partial charge in [0.2, 0.25) is 6.41 Å². The van der Waals surface area contributed by atoms with Crippen LogP contribution in [-0.2, 0) is 16.0 Å². The first kappa shape index (κ1) is 12.2. The van der Waals surface area contributed by atoms with Crippen molar-refractivity contribution in [1.29, 1.82) is 0 Å². The number of hydrogen-bond donors (Lipinski definition) is 2. The Morgan fingerprint density at radius 2 is 1.93 bits per heavy atom. The summed E-state index contributed by atoms with van der Waals surface area (Å²) in [5, 5.41) is 11.1. The fourth-order valence-corrected chi connectivity index (χ4v) is 2.61. The Morgan fingerprint density at radius 1 is 1.40 bits per heavy atom. The second kappa shape index (κ2) is 5.27. The van der Waals surface area contributed by atoms with Crippen LogP contribution in [0.1, 0.15) is 5.56 Å². The summed E-state index contributed by atoms with van der Waals surface area (Å²) in [7, 11) is 0. The average Bonchev–Trinajstić information content (AvgIpc) is 2.10. The van der Waals surface area contributed by atoms with Gasteiger partial charge in [-0.2, -0.15) is 0 Å². The van der Waals surface area contributed by atoms with Crippen LogP contribution < -0.4 is 5.32 Å². The first-order chi connectivity index (χ1) is 7.04. The minimum absolute atomic E-state index is 0.0570. The SMILES string of the molecule is O=CNc1c(Br)cc(CC(=O)O)cc1Br. The first-order valence-electron chi connectivity index (χ1n) is 3.94. The van der Waals surface area contributed by atoms with E-state index in [1.165, 1.54) is 0 Å². The number of carbonyl (C=O) groups is 2. The summed E-state index contributed by atoms with van der Waals surface area (Å²) in [5.41, 5.74) is 1.23. The third kappa shape index (κ3) is 3.32. The maximum Gasteiger partial charge on any atom is 0.307 e. The van der Waals surface area contributed by atoms with E-state index in [0.29, 0.717) is 26.6 Å². The zero-order chi connectivity index (χ0) is 11.4. The highest BCUT2D eigenvalue weighted by Gasteiger charge is 2.08. The lowest BCUT2D eigenvalue weighted by Gasteiger charge is -2.07. The molecular weight excluding hydrogens is 330 g/mol. The summed E-state index contributed by atoms with van der Waals surface area (Å²) < 4.78 is 1.28. The highest BCUT2D eigenvalue weighted by atomic mass is 79.9. The van der Waals surface area contributed by atoms with Crippen LogP contribution in [0.4, 0.5) is 5.69 Å². The van der Waals surface area contributed by atoms with E-state index in [9.17, 15) is 9.59 Å². The number of carboxylic acids is 1. The van der Waals surface area contributed by atoms with E-state index >= 15 is 0 Å². The van der Waals surface area contributed by atoms with Crippen molar-refractivity contribution in [3.63, 3.8) is 0 Å². The second-order valence-electron chi connectivity index (χ2n) is 2.77. The molecule has 1 aromatic rings. The molecule has 0 aliphatic heterocycles. The number of aliphatic carboxylic acids is 1. The molecule has 4 nitrogen and oxygen atoms in total. The molecule has 1 amide bonds. The molecule has 0 spiro atoms. The van der Waals surface area contributed by atoms with Gasteiger partial charge in [0.15, 0.2) is 0 Å². The predicted molar refractivity (Wildman–Crippen MR) is 62.9 cm³/mol. The monoisotopic (exact) mass is 335 g/mol. The maximum absolute atomic E-state index is 10.5. The molecular formula is C9H7Br2NO3. The van der Waals surface area contributed by atoms with Crippen molar-refractivity contribution >= 4 is 49.9 Å². The second-order valence-corrected chi connectivity index (χ2v) is 4.48. The molecule has 0 heterocycles. The van der Waals surface area contributed by atoms with Gasteiger partial charge < -0.3 is 10.4 Å². The number of rotatable bonds is 4. The third-order valence-electron chi connectivity index (χ3n) is 1.66. The molecule has 15 heavy (non-hydrogen) atoms. The number of carbonyl (C=O) groups excluding carboxylic acids is 1. The van der Waals surface area contributed by atoms with E-state index in [0.717, 1.165) is 0 Å². The van der Waals surface area contributed by atoms with Gasteiger partial charge >= 0.3 is 5.97 Å². The fourth-order valence-electron chi connectivity index (χ4n) is 1.10. The van der Waals surface area contributed by atoms with Crippen LogP contribution in [0.5, 0.6) is 0 Å². The highest BCUT2D eigenvalue weighted by molar-refractivity contribution is 9.11. The topological polar surface area (TPSA) is 66.4 Å². The molecule has 1 aromatic carbocycles. The summed E-state index contributed by atoms with van der Waals surface area (Å²) in [5.74, 6) is -0.898. The molecule has 0 saturated heterocycles. The normalized spacial score (nSPS) is 9.73. The number of anilines is 1. The Balaban J connectivity index is 3.07. The quantitative estimate of drug-likeness (QED) is 0.830. The van der Waals surface area contributed by atoms with Crippen molar-refractivity contribution < 1.29 is 14.7 Å². The summed E-state index contributed by atoms with van der Waals surface area (Å²) in [6.45, 7) is 0. The van der Waals surface area contributed by atoms with Crippen molar-refractivity contribution in [2.75, 3.05) is 5.32 Å². The number of hydrogen-bond acceptors (Lipinski definition) is 2. The molecule has 0 unspecified atom stereocenters. The van der Waals surface area contributed by atoms with Gasteiger partial charge in [-0.05, 0) is 49.6 Å². The molecule has 0 saturated carbocycles. The number of nitrogens with one attached hydrogen (secondary N) is 1. The van der Waals surface area contributed by atoms with Gasteiger partial charge in [-0.25, -0.2) is 0 Å². The predicted octanol–water partition coefficient (Wildman–Crippen LogP) is 2.41. The van der Waals surface area contributed by atoms with Crippen LogP contribution in [0.25, 0.3) is 0 Å². The molecule has 2 N–H and O–H groups in total. The van der Waals surface area contributed by atoms with Crippen LogP contribution in [0, 0.1) is 0 Å². The van der Waals surface area contributed by atoms with Gasteiger partial charge in [0.05, 0.1) is 12.1 Å². The van der Waals surface area contributed by atoms with Crippen LogP contribution in [-0.4, -0.2) is 17.5 Å². The molecule has 0 aliphatic carbocycles. The Kier molecular flexibility index (Phi) is 4.28. The van der Waals surface area contributed by atoms with E-state index in [2.05, 4.69) is 37.2 Å². The molecule has 1 rings (SSSR count). The van der Waals surface area contributed by atoms with Gasteiger partial charge in [0, 0.05) is 8.95 Å². The fraction of sp³-hybridized carbons (Fsp3) is 0.111. The molecule has 0 bridgehead atoms. The van der Waals surface area contributed by atoms with Crippen LogP contribution in [0.15, 0.2) is 21.1 Å². The van der Waals surface area contributed by atoms with E-state index in [1.807, 2.05) is 0 Å². The van der Waals surface area contributed by atoms with Gasteiger partial charge in [-0.15, -0.1) is 0 Å². The number of amides is 1. The minimum atomic E-state index is -0.898. The standard InChI is InChI=1S/C9H7Br2NO3/c10-6-1-5(3-8(14)15)2-7(11)9(6)12-4-13/h1-2,4H,3H2,(H,12,13)(H,14,15). The zero-order valence-electron chi connectivity index (χ0n) is 7.46. The Labute approximate surface area is 103 Å².